The van der Waals surface area contributed by atoms with Gasteiger partial charge < -0.3 is 29.8 Å². The second-order valence-corrected chi connectivity index (χ2v) is 12.5. The van der Waals surface area contributed by atoms with Gasteiger partial charge in [-0.25, -0.2) is 15.0 Å². The van der Waals surface area contributed by atoms with Gasteiger partial charge in [0, 0.05) is 18.6 Å². The first-order valence-electron chi connectivity index (χ1n) is 15.8. The maximum absolute atomic E-state index is 11.4. The predicted octanol–water partition coefficient (Wildman–Crippen LogP) is 5.98. The van der Waals surface area contributed by atoms with Crippen molar-refractivity contribution in [1.29, 1.82) is 0 Å². The van der Waals surface area contributed by atoms with E-state index in [2.05, 4.69) is 15.9 Å². The number of methoxy groups -OCH3 is 2. The number of anilines is 1. The van der Waals surface area contributed by atoms with Gasteiger partial charge in [0.25, 0.3) is 0 Å². The summed E-state index contributed by atoms with van der Waals surface area (Å²) in [6.45, 7) is 0.0862. The lowest BCUT2D eigenvalue weighted by Gasteiger charge is -2.37. The highest BCUT2D eigenvalue weighted by atomic mass is 32.2. The van der Waals surface area contributed by atoms with Crippen LogP contribution in [0, 0.1) is 12.3 Å². The minimum Gasteiger partial charge on any atom is -0.497 e. The molecule has 1 aliphatic heterocycles. The molecule has 6 rings (SSSR count). The van der Waals surface area contributed by atoms with E-state index in [1.54, 1.807) is 26.0 Å². The number of nitrogens with two attached hydrogens (primary N) is 1. The van der Waals surface area contributed by atoms with Crippen molar-refractivity contribution in [3.8, 4) is 23.8 Å². The fourth-order valence-corrected chi connectivity index (χ4v) is 7.09. The van der Waals surface area contributed by atoms with E-state index in [0.717, 1.165) is 53.2 Å². The summed E-state index contributed by atoms with van der Waals surface area (Å²) < 4.78 is 26.5. The minimum atomic E-state index is -1.05. The van der Waals surface area contributed by atoms with Gasteiger partial charge in [-0.15, -0.1) is 12.3 Å². The molecule has 3 N–H and O–H groups in total. The fourth-order valence-electron chi connectivity index (χ4n) is 6.06. The zero-order valence-electron chi connectivity index (χ0n) is 27.0. The summed E-state index contributed by atoms with van der Waals surface area (Å²) in [5, 5.41) is 12.1. The second kappa shape index (κ2) is 15.1. The average molecular weight is 666 g/mol. The topological polar surface area (TPSA) is 127 Å². The Balaban J connectivity index is 1.33. The van der Waals surface area contributed by atoms with Crippen LogP contribution in [0.25, 0.3) is 11.2 Å². The van der Waals surface area contributed by atoms with Crippen LogP contribution in [0.4, 0.5) is 5.82 Å². The molecule has 0 bridgehead atoms. The molecular formula is C37H39N5O5S. The third-order valence-electron chi connectivity index (χ3n) is 8.55. The number of nitrogen functional groups attached to an aromatic ring is 1. The van der Waals surface area contributed by atoms with Crippen LogP contribution in [-0.2, 0) is 15.1 Å². The summed E-state index contributed by atoms with van der Waals surface area (Å²) in [6, 6.07) is 25.7. The number of aliphatic hydroxyl groups is 1. The summed E-state index contributed by atoms with van der Waals surface area (Å²) in [5.41, 5.74) is 8.90. The van der Waals surface area contributed by atoms with Gasteiger partial charge in [-0.2, -0.15) is 0 Å². The molecule has 1 fully saturated rings. The number of aliphatic hydroxyl groups excluding tert-OH is 1. The van der Waals surface area contributed by atoms with Crippen molar-refractivity contribution >= 4 is 28.7 Å². The van der Waals surface area contributed by atoms with Gasteiger partial charge in [0.15, 0.2) is 22.1 Å². The van der Waals surface area contributed by atoms with Crippen molar-refractivity contribution in [2.45, 2.75) is 54.9 Å². The molecular weight excluding hydrogens is 627 g/mol. The molecule has 3 heterocycles. The molecule has 0 saturated carbocycles. The minimum absolute atomic E-state index is 0.0862. The van der Waals surface area contributed by atoms with Crippen molar-refractivity contribution in [1.82, 2.24) is 19.5 Å². The molecule has 3 unspecified atom stereocenters. The Hall–Kier alpha value is -4.60. The van der Waals surface area contributed by atoms with Crippen LogP contribution >= 0.6 is 11.8 Å². The van der Waals surface area contributed by atoms with E-state index in [1.807, 2.05) is 83.4 Å². The van der Waals surface area contributed by atoms with Crippen molar-refractivity contribution in [3.05, 3.63) is 102 Å². The number of thioether (sulfide) groups is 1. The molecule has 48 heavy (non-hydrogen) atoms. The summed E-state index contributed by atoms with van der Waals surface area (Å²) in [6.07, 6.45) is 7.74. The maximum Gasteiger partial charge on any atom is 0.172 e. The molecule has 248 valence electrons. The van der Waals surface area contributed by atoms with Gasteiger partial charge in [-0.1, -0.05) is 66.4 Å². The highest BCUT2D eigenvalue weighted by Crippen LogP contribution is 2.43. The number of rotatable bonds is 14. The zero-order valence-corrected chi connectivity index (χ0v) is 27.8. The Morgan fingerprint density at radius 1 is 0.958 bits per heavy atom. The fraction of sp³-hybridized carbons (Fsp3) is 0.324. The number of fused-ring (bicyclic) bond motifs is 1. The van der Waals surface area contributed by atoms with E-state index < -0.39 is 24.0 Å². The van der Waals surface area contributed by atoms with Crippen molar-refractivity contribution in [3.63, 3.8) is 0 Å². The number of terminal acetylenes is 1. The van der Waals surface area contributed by atoms with Crippen molar-refractivity contribution in [2.75, 3.05) is 32.3 Å². The molecule has 0 spiro atoms. The van der Waals surface area contributed by atoms with Gasteiger partial charge in [-0.05, 0) is 53.8 Å². The van der Waals surface area contributed by atoms with Gasteiger partial charge in [0.2, 0.25) is 0 Å². The SMILES string of the molecule is C#CCCCCSc1nc2c(N)ncnc2n1C1CC(O)C(COC(c2ccccc2)(c2ccc(OC)cc2)c2ccc(OC)cc2)O1. The molecule has 10 nitrogen and oxygen atoms in total. The largest absolute Gasteiger partial charge is 0.497 e. The molecule has 3 atom stereocenters. The van der Waals surface area contributed by atoms with E-state index in [0.29, 0.717) is 22.7 Å². The number of aromatic nitrogens is 4. The quantitative estimate of drug-likeness (QED) is 0.0633. The van der Waals surface area contributed by atoms with E-state index in [-0.39, 0.29) is 12.4 Å². The predicted molar refractivity (Wildman–Crippen MR) is 186 cm³/mol. The standard InChI is InChI=1S/C37H39N5O5S/c1-4-5-6-10-21-48-36-41-33-34(38)39-24-40-35(33)42(36)32-22-30(43)31(47-32)23-46-37(25-11-8-7-9-12-25,26-13-17-28(44-2)18-14-26)27-15-19-29(45-3)20-16-27/h1,7-9,11-20,24,30-32,43H,5-6,10,21-23H2,2-3H3,(H2,38,39,40). The number of hydrogen-bond donors (Lipinski definition) is 2. The Kier molecular flexibility index (Phi) is 10.5. The smallest absolute Gasteiger partial charge is 0.172 e. The Morgan fingerprint density at radius 3 is 2.23 bits per heavy atom. The summed E-state index contributed by atoms with van der Waals surface area (Å²) in [5.74, 6) is 5.25. The third kappa shape index (κ3) is 6.70. The molecule has 1 aliphatic rings. The lowest BCUT2D eigenvalue weighted by atomic mass is 9.80. The van der Waals surface area contributed by atoms with Crippen molar-refractivity contribution < 1.29 is 24.1 Å². The Bertz CT molecular complexity index is 1800. The van der Waals surface area contributed by atoms with Crippen LogP contribution in [0.1, 0.15) is 48.6 Å². The van der Waals surface area contributed by atoms with Gasteiger partial charge >= 0.3 is 0 Å². The van der Waals surface area contributed by atoms with Crippen LogP contribution in [-0.4, -0.2) is 63.4 Å². The van der Waals surface area contributed by atoms with Crippen LogP contribution in [0.15, 0.2) is 90.3 Å². The Morgan fingerprint density at radius 2 is 1.60 bits per heavy atom. The molecule has 0 amide bonds. The highest BCUT2D eigenvalue weighted by molar-refractivity contribution is 7.99. The third-order valence-corrected chi connectivity index (χ3v) is 9.59. The monoisotopic (exact) mass is 665 g/mol. The van der Waals surface area contributed by atoms with Gasteiger partial charge in [0.1, 0.15) is 35.8 Å². The number of hydrogen-bond acceptors (Lipinski definition) is 10. The van der Waals surface area contributed by atoms with E-state index >= 15 is 0 Å². The highest BCUT2D eigenvalue weighted by Gasteiger charge is 2.42. The molecule has 11 heteroatoms. The van der Waals surface area contributed by atoms with Crippen LogP contribution in [0.3, 0.4) is 0 Å². The van der Waals surface area contributed by atoms with Gasteiger partial charge in [-0.3, -0.25) is 4.57 Å². The van der Waals surface area contributed by atoms with E-state index in [4.69, 9.17) is 36.1 Å². The van der Waals surface area contributed by atoms with E-state index in [1.165, 1.54) is 6.33 Å². The molecule has 1 saturated heterocycles. The lowest BCUT2D eigenvalue weighted by Crippen LogP contribution is -2.38. The molecule has 0 radical (unpaired) electrons. The number of nitrogens with zero attached hydrogens (tertiary/aromatic N) is 4. The van der Waals surface area contributed by atoms with Gasteiger partial charge in [0.05, 0.1) is 26.9 Å². The van der Waals surface area contributed by atoms with Crippen LogP contribution < -0.4 is 15.2 Å². The van der Waals surface area contributed by atoms with Crippen LogP contribution in [0.5, 0.6) is 11.5 Å². The maximum atomic E-state index is 11.4. The lowest BCUT2D eigenvalue weighted by molar-refractivity contribution is -0.0943. The summed E-state index contributed by atoms with van der Waals surface area (Å²) in [4.78, 5) is 13.4. The first kappa shape index (κ1) is 33.3. The first-order valence-corrected chi connectivity index (χ1v) is 16.8. The molecule has 3 aromatic carbocycles. The number of imidazole rings is 1. The number of ether oxygens (including phenoxy) is 4. The first-order chi connectivity index (χ1) is 23.5. The molecule has 0 aliphatic carbocycles. The normalized spacial score (nSPS) is 17.8. The average Bonchev–Trinajstić information content (AvgIpc) is 3.69. The molecule has 2 aromatic heterocycles. The number of unbranched alkanes of at least 4 members (excludes halogenated alkanes) is 2. The van der Waals surface area contributed by atoms with E-state index in [9.17, 15) is 5.11 Å². The van der Waals surface area contributed by atoms with Crippen LogP contribution in [0.2, 0.25) is 0 Å². The second-order valence-electron chi connectivity index (χ2n) is 11.5. The summed E-state index contributed by atoms with van der Waals surface area (Å²) in [7, 11) is 3.28. The molecule has 5 aromatic rings. The van der Waals surface area contributed by atoms with Crippen molar-refractivity contribution in [2.24, 2.45) is 0 Å². The summed E-state index contributed by atoms with van der Waals surface area (Å²) >= 11 is 1.58. The zero-order chi connectivity index (χ0) is 33.5. The number of benzene rings is 3. The Labute approximate surface area is 284 Å².